The van der Waals surface area contributed by atoms with Crippen molar-refractivity contribution in [3.63, 3.8) is 0 Å². The zero-order valence-corrected chi connectivity index (χ0v) is 8.94. The third-order valence-corrected chi connectivity index (χ3v) is 2.36. The van der Waals surface area contributed by atoms with Gasteiger partial charge in [0.25, 0.3) is 0 Å². The number of hydrogen-bond acceptors (Lipinski definition) is 3. The molecule has 0 bridgehead atoms. The van der Waals surface area contributed by atoms with Gasteiger partial charge in [-0.2, -0.15) is 5.26 Å². The Balaban J connectivity index is 2.55. The zero-order chi connectivity index (χ0) is 11.5. The predicted molar refractivity (Wildman–Crippen MR) is 63.5 cm³/mol. The fourth-order valence-electron chi connectivity index (χ4n) is 1.63. The number of benzene rings is 1. The SMILES string of the molecule is Cc1cc(N)cnc1-c1cccc(C#N)c1. The lowest BCUT2D eigenvalue weighted by molar-refractivity contribution is 1.27. The van der Waals surface area contributed by atoms with Crippen LogP contribution in [0.15, 0.2) is 36.5 Å². The molecule has 0 aliphatic carbocycles. The number of nitrogens with two attached hydrogens (primary N) is 1. The van der Waals surface area contributed by atoms with Gasteiger partial charge in [-0.3, -0.25) is 4.98 Å². The summed E-state index contributed by atoms with van der Waals surface area (Å²) < 4.78 is 0. The second-order valence-electron chi connectivity index (χ2n) is 3.63. The van der Waals surface area contributed by atoms with Gasteiger partial charge in [-0.15, -0.1) is 0 Å². The summed E-state index contributed by atoms with van der Waals surface area (Å²) in [6.45, 7) is 1.96. The van der Waals surface area contributed by atoms with Gasteiger partial charge in [0.05, 0.1) is 29.2 Å². The molecule has 3 nitrogen and oxygen atoms in total. The van der Waals surface area contributed by atoms with Crippen LogP contribution in [-0.2, 0) is 0 Å². The highest BCUT2D eigenvalue weighted by atomic mass is 14.7. The number of nitrogen functional groups attached to an aromatic ring is 1. The molecule has 1 aromatic carbocycles. The fourth-order valence-corrected chi connectivity index (χ4v) is 1.63. The average molecular weight is 209 g/mol. The number of pyridine rings is 1. The molecule has 78 valence electrons. The van der Waals surface area contributed by atoms with Crippen LogP contribution in [0.5, 0.6) is 0 Å². The minimum atomic E-state index is 0.635. The van der Waals surface area contributed by atoms with E-state index in [0.717, 1.165) is 16.8 Å². The first-order valence-corrected chi connectivity index (χ1v) is 4.93. The van der Waals surface area contributed by atoms with Gasteiger partial charge in [0, 0.05) is 5.56 Å². The van der Waals surface area contributed by atoms with Gasteiger partial charge < -0.3 is 5.73 Å². The Morgan fingerprint density at radius 1 is 1.31 bits per heavy atom. The number of aromatic nitrogens is 1. The summed E-state index contributed by atoms with van der Waals surface area (Å²) in [4.78, 5) is 4.29. The topological polar surface area (TPSA) is 62.7 Å². The molecule has 0 atom stereocenters. The highest BCUT2D eigenvalue weighted by Gasteiger charge is 2.04. The lowest BCUT2D eigenvalue weighted by atomic mass is 10.0. The third-order valence-electron chi connectivity index (χ3n) is 2.36. The molecule has 0 saturated heterocycles. The van der Waals surface area contributed by atoms with Crippen molar-refractivity contribution in [3.8, 4) is 17.3 Å². The summed E-state index contributed by atoms with van der Waals surface area (Å²) in [5.74, 6) is 0. The van der Waals surface area contributed by atoms with Crippen molar-refractivity contribution >= 4 is 5.69 Å². The number of anilines is 1. The number of hydrogen-bond donors (Lipinski definition) is 1. The van der Waals surface area contributed by atoms with Gasteiger partial charge in [0.15, 0.2) is 0 Å². The van der Waals surface area contributed by atoms with Gasteiger partial charge >= 0.3 is 0 Å². The monoisotopic (exact) mass is 209 g/mol. The quantitative estimate of drug-likeness (QED) is 0.784. The number of nitriles is 1. The third kappa shape index (κ3) is 1.86. The van der Waals surface area contributed by atoms with Crippen molar-refractivity contribution < 1.29 is 0 Å². The van der Waals surface area contributed by atoms with Crippen LogP contribution in [-0.4, -0.2) is 4.98 Å². The first kappa shape index (κ1) is 10.2. The summed E-state index contributed by atoms with van der Waals surface area (Å²) in [6, 6.07) is 11.4. The lowest BCUT2D eigenvalue weighted by Gasteiger charge is -2.05. The van der Waals surface area contributed by atoms with Crippen LogP contribution in [0.2, 0.25) is 0 Å². The number of rotatable bonds is 1. The molecule has 0 spiro atoms. The molecule has 0 aliphatic rings. The molecular weight excluding hydrogens is 198 g/mol. The Bertz CT molecular complexity index is 568. The first-order chi connectivity index (χ1) is 7.70. The molecule has 0 fully saturated rings. The first-order valence-electron chi connectivity index (χ1n) is 4.93. The molecule has 1 aromatic heterocycles. The Morgan fingerprint density at radius 2 is 2.12 bits per heavy atom. The van der Waals surface area contributed by atoms with Crippen LogP contribution >= 0.6 is 0 Å². The van der Waals surface area contributed by atoms with E-state index in [0.29, 0.717) is 11.3 Å². The maximum atomic E-state index is 8.83. The maximum absolute atomic E-state index is 8.83. The Hall–Kier alpha value is -2.34. The minimum absolute atomic E-state index is 0.635. The van der Waals surface area contributed by atoms with Crippen LogP contribution in [0, 0.1) is 18.3 Å². The van der Waals surface area contributed by atoms with E-state index in [-0.39, 0.29) is 0 Å². The summed E-state index contributed by atoms with van der Waals surface area (Å²) >= 11 is 0. The van der Waals surface area contributed by atoms with Crippen LogP contribution in [0.1, 0.15) is 11.1 Å². The van der Waals surface area contributed by atoms with E-state index in [1.54, 1.807) is 12.3 Å². The normalized spacial score (nSPS) is 9.75. The predicted octanol–water partition coefficient (Wildman–Crippen LogP) is 2.51. The molecule has 3 heteroatoms. The lowest BCUT2D eigenvalue weighted by Crippen LogP contribution is -1.92. The molecule has 0 saturated carbocycles. The molecular formula is C13H11N3. The van der Waals surface area contributed by atoms with E-state index in [1.165, 1.54) is 0 Å². The van der Waals surface area contributed by atoms with Gasteiger partial charge in [-0.05, 0) is 30.7 Å². The van der Waals surface area contributed by atoms with Crippen molar-refractivity contribution in [2.45, 2.75) is 6.92 Å². The van der Waals surface area contributed by atoms with Crippen LogP contribution in [0.3, 0.4) is 0 Å². The zero-order valence-electron chi connectivity index (χ0n) is 8.94. The van der Waals surface area contributed by atoms with E-state index in [1.807, 2.05) is 31.2 Å². The van der Waals surface area contributed by atoms with Crippen LogP contribution in [0.4, 0.5) is 5.69 Å². The Kier molecular flexibility index (Phi) is 2.57. The molecule has 16 heavy (non-hydrogen) atoms. The van der Waals surface area contributed by atoms with Gasteiger partial charge in [0.1, 0.15) is 0 Å². The number of nitrogens with zero attached hydrogens (tertiary/aromatic N) is 2. The average Bonchev–Trinajstić information content (AvgIpc) is 2.29. The van der Waals surface area contributed by atoms with Gasteiger partial charge in [-0.25, -0.2) is 0 Å². The molecule has 0 amide bonds. The molecule has 0 aliphatic heterocycles. The van der Waals surface area contributed by atoms with Crippen molar-refractivity contribution in [1.29, 1.82) is 5.26 Å². The van der Waals surface area contributed by atoms with Crippen molar-refractivity contribution in [2.24, 2.45) is 0 Å². The molecule has 2 rings (SSSR count). The van der Waals surface area contributed by atoms with Crippen LogP contribution < -0.4 is 5.73 Å². The van der Waals surface area contributed by atoms with E-state index in [2.05, 4.69) is 11.1 Å². The Labute approximate surface area is 94.2 Å². The van der Waals surface area contributed by atoms with E-state index in [9.17, 15) is 0 Å². The van der Waals surface area contributed by atoms with Gasteiger partial charge in [0.2, 0.25) is 0 Å². The van der Waals surface area contributed by atoms with E-state index >= 15 is 0 Å². The smallest absolute Gasteiger partial charge is 0.0991 e. The summed E-state index contributed by atoms with van der Waals surface area (Å²) in [7, 11) is 0. The fraction of sp³-hybridized carbons (Fsp3) is 0.0769. The highest BCUT2D eigenvalue weighted by Crippen LogP contribution is 2.22. The van der Waals surface area contributed by atoms with Crippen molar-refractivity contribution in [2.75, 3.05) is 5.73 Å². The molecule has 2 N–H and O–H groups in total. The molecule has 0 radical (unpaired) electrons. The van der Waals surface area contributed by atoms with Gasteiger partial charge in [-0.1, -0.05) is 12.1 Å². The molecule has 0 unspecified atom stereocenters. The number of aryl methyl sites for hydroxylation is 1. The summed E-state index contributed by atoms with van der Waals surface area (Å²) in [5.41, 5.74) is 9.75. The second-order valence-corrected chi connectivity index (χ2v) is 3.63. The van der Waals surface area contributed by atoms with Crippen LogP contribution in [0.25, 0.3) is 11.3 Å². The van der Waals surface area contributed by atoms with E-state index < -0.39 is 0 Å². The summed E-state index contributed by atoms with van der Waals surface area (Å²) in [6.07, 6.45) is 1.63. The molecule has 1 heterocycles. The maximum Gasteiger partial charge on any atom is 0.0991 e. The Morgan fingerprint density at radius 3 is 2.81 bits per heavy atom. The van der Waals surface area contributed by atoms with Crippen molar-refractivity contribution in [1.82, 2.24) is 4.98 Å². The van der Waals surface area contributed by atoms with E-state index in [4.69, 9.17) is 11.0 Å². The standard InChI is InChI=1S/C13H11N3/c1-9-5-12(15)8-16-13(9)11-4-2-3-10(6-11)7-14/h2-6,8H,15H2,1H3. The second kappa shape index (κ2) is 4.03. The van der Waals surface area contributed by atoms with Crippen molar-refractivity contribution in [3.05, 3.63) is 47.7 Å². The summed E-state index contributed by atoms with van der Waals surface area (Å²) in [5, 5.41) is 8.83. The highest BCUT2D eigenvalue weighted by molar-refractivity contribution is 5.66. The molecule has 2 aromatic rings. The largest absolute Gasteiger partial charge is 0.397 e. The minimum Gasteiger partial charge on any atom is -0.397 e.